The van der Waals surface area contributed by atoms with Crippen LogP contribution in [0.5, 0.6) is 0 Å². The predicted octanol–water partition coefficient (Wildman–Crippen LogP) is 1.72. The Bertz CT molecular complexity index is 610. The Hall–Kier alpha value is -1.63. The fraction of sp³-hybridized carbons (Fsp3) is 0.850. The second-order valence-electron chi connectivity index (χ2n) is 9.16. The summed E-state index contributed by atoms with van der Waals surface area (Å²) in [6.45, 7) is 10.7. The molecule has 7 nitrogen and oxygen atoms in total. The average molecular weight is 379 g/mol. The molecule has 0 aromatic carbocycles. The normalized spacial score (nSPS) is 32.1. The van der Waals surface area contributed by atoms with Gasteiger partial charge in [-0.25, -0.2) is 4.79 Å². The Labute approximate surface area is 162 Å². The molecule has 27 heavy (non-hydrogen) atoms. The number of hydrogen-bond donors (Lipinski definition) is 2. The molecule has 2 heterocycles. The summed E-state index contributed by atoms with van der Waals surface area (Å²) >= 11 is 0. The molecule has 0 bridgehead atoms. The molecule has 152 valence electrons. The van der Waals surface area contributed by atoms with Crippen molar-refractivity contribution in [1.82, 2.24) is 20.4 Å². The minimum Gasteiger partial charge on any atom is -0.336 e. The van der Waals surface area contributed by atoms with Crippen LogP contribution >= 0.6 is 0 Å². The molecular weight excluding hydrogens is 344 g/mol. The van der Waals surface area contributed by atoms with Crippen molar-refractivity contribution in [3.05, 3.63) is 0 Å². The number of nitrogens with zero attached hydrogens (tertiary/aromatic N) is 2. The maximum absolute atomic E-state index is 13.1. The molecule has 1 atom stereocenters. The summed E-state index contributed by atoms with van der Waals surface area (Å²) in [6, 6.07) is -0.336. The molecule has 2 aliphatic heterocycles. The van der Waals surface area contributed by atoms with E-state index in [9.17, 15) is 14.4 Å². The first-order valence-corrected chi connectivity index (χ1v) is 10.3. The van der Waals surface area contributed by atoms with Crippen molar-refractivity contribution in [1.29, 1.82) is 0 Å². The van der Waals surface area contributed by atoms with Gasteiger partial charge in [0.25, 0.3) is 5.91 Å². The zero-order chi connectivity index (χ0) is 19.8. The van der Waals surface area contributed by atoms with Crippen LogP contribution in [0.1, 0.15) is 59.8 Å². The van der Waals surface area contributed by atoms with E-state index in [1.807, 2.05) is 6.92 Å². The number of imide groups is 1. The Morgan fingerprint density at radius 3 is 2.52 bits per heavy atom. The number of nitrogens with one attached hydrogen (secondary N) is 2. The average Bonchev–Trinajstić information content (AvgIpc) is 2.86. The molecule has 3 fully saturated rings. The van der Waals surface area contributed by atoms with Gasteiger partial charge in [-0.15, -0.1) is 0 Å². The van der Waals surface area contributed by atoms with Crippen LogP contribution < -0.4 is 10.6 Å². The maximum atomic E-state index is 13.1. The van der Waals surface area contributed by atoms with Gasteiger partial charge in [0.1, 0.15) is 12.1 Å². The molecule has 3 rings (SSSR count). The van der Waals surface area contributed by atoms with Crippen LogP contribution in [-0.2, 0) is 9.59 Å². The highest BCUT2D eigenvalue weighted by atomic mass is 16.2. The zero-order valence-electron chi connectivity index (χ0n) is 17.1. The first-order chi connectivity index (χ1) is 12.7. The molecule has 0 radical (unpaired) electrons. The van der Waals surface area contributed by atoms with Crippen LogP contribution in [0.4, 0.5) is 4.79 Å². The second kappa shape index (κ2) is 7.41. The molecule has 4 amide bonds. The summed E-state index contributed by atoms with van der Waals surface area (Å²) in [4.78, 5) is 41.2. The first kappa shape index (κ1) is 20.1. The van der Waals surface area contributed by atoms with Crippen LogP contribution in [0.25, 0.3) is 0 Å². The van der Waals surface area contributed by atoms with E-state index in [4.69, 9.17) is 0 Å². The third-order valence-corrected chi connectivity index (χ3v) is 7.22. The van der Waals surface area contributed by atoms with Gasteiger partial charge >= 0.3 is 6.03 Å². The minimum atomic E-state index is -0.799. The Balaban J connectivity index is 1.64. The Morgan fingerprint density at radius 1 is 1.26 bits per heavy atom. The Kier molecular flexibility index (Phi) is 5.52. The van der Waals surface area contributed by atoms with Gasteiger partial charge in [-0.05, 0) is 43.9 Å². The molecular formula is C20H34N4O3. The summed E-state index contributed by atoms with van der Waals surface area (Å²) in [5.41, 5.74) is -0.548. The maximum Gasteiger partial charge on any atom is 0.325 e. The van der Waals surface area contributed by atoms with E-state index in [1.165, 1.54) is 0 Å². The lowest BCUT2D eigenvalue weighted by molar-refractivity contribution is -0.141. The van der Waals surface area contributed by atoms with Crippen molar-refractivity contribution in [2.24, 2.45) is 11.3 Å². The lowest BCUT2D eigenvalue weighted by atomic mass is 9.65. The third-order valence-electron chi connectivity index (χ3n) is 7.22. The van der Waals surface area contributed by atoms with Crippen LogP contribution in [0.2, 0.25) is 0 Å². The highest BCUT2D eigenvalue weighted by Gasteiger charge is 2.54. The molecule has 1 unspecified atom stereocenters. The van der Waals surface area contributed by atoms with E-state index >= 15 is 0 Å². The fourth-order valence-corrected chi connectivity index (χ4v) is 4.78. The van der Waals surface area contributed by atoms with E-state index in [0.29, 0.717) is 25.3 Å². The molecule has 1 saturated carbocycles. The van der Waals surface area contributed by atoms with Crippen molar-refractivity contribution in [2.75, 3.05) is 26.2 Å². The highest BCUT2D eigenvalue weighted by molar-refractivity contribution is 6.09. The molecule has 0 aromatic heterocycles. The second-order valence-corrected chi connectivity index (χ2v) is 9.16. The number of hydrogen-bond acceptors (Lipinski definition) is 4. The number of piperazine rings is 1. The highest BCUT2D eigenvalue weighted by Crippen LogP contribution is 2.45. The quantitative estimate of drug-likeness (QED) is 0.730. The van der Waals surface area contributed by atoms with Crippen molar-refractivity contribution >= 4 is 17.8 Å². The molecule has 1 aliphatic carbocycles. The third kappa shape index (κ3) is 3.71. The molecule has 1 spiro atoms. The SMILES string of the molecule is CCC(C)(C)C1CCC2(CC1)NC(=O)N(CC(=O)N1CCNCC1C)C2=O. The van der Waals surface area contributed by atoms with E-state index in [-0.39, 0.29) is 29.8 Å². The van der Waals surface area contributed by atoms with E-state index in [2.05, 4.69) is 31.4 Å². The molecule has 2 N–H and O–H groups in total. The van der Waals surface area contributed by atoms with Gasteiger partial charge in [0.05, 0.1) is 0 Å². The zero-order valence-corrected chi connectivity index (χ0v) is 17.1. The van der Waals surface area contributed by atoms with Gasteiger partial charge in [0, 0.05) is 25.7 Å². The van der Waals surface area contributed by atoms with E-state index in [0.717, 1.165) is 37.3 Å². The molecule has 2 saturated heterocycles. The van der Waals surface area contributed by atoms with Crippen molar-refractivity contribution < 1.29 is 14.4 Å². The number of carbonyl (C=O) groups excluding carboxylic acids is 3. The van der Waals surface area contributed by atoms with E-state index in [1.54, 1.807) is 4.90 Å². The monoisotopic (exact) mass is 378 g/mol. The predicted molar refractivity (Wildman–Crippen MR) is 103 cm³/mol. The van der Waals surface area contributed by atoms with Crippen molar-refractivity contribution in [2.45, 2.75) is 71.4 Å². The molecule has 3 aliphatic rings. The number of rotatable bonds is 4. The van der Waals surface area contributed by atoms with Gasteiger partial charge in [-0.3, -0.25) is 14.5 Å². The van der Waals surface area contributed by atoms with Gasteiger partial charge in [0.2, 0.25) is 5.91 Å². The van der Waals surface area contributed by atoms with Gasteiger partial charge < -0.3 is 15.5 Å². The summed E-state index contributed by atoms with van der Waals surface area (Å²) in [5.74, 6) is 0.206. The van der Waals surface area contributed by atoms with Crippen LogP contribution in [-0.4, -0.2) is 65.4 Å². The summed E-state index contributed by atoms with van der Waals surface area (Å²) in [7, 11) is 0. The number of carbonyl (C=O) groups is 3. The minimum absolute atomic E-state index is 0.0766. The summed E-state index contributed by atoms with van der Waals surface area (Å²) in [5, 5.41) is 6.18. The van der Waals surface area contributed by atoms with Gasteiger partial charge in [0.15, 0.2) is 0 Å². The number of amides is 4. The van der Waals surface area contributed by atoms with Gasteiger partial charge in [-0.2, -0.15) is 0 Å². The van der Waals surface area contributed by atoms with Crippen molar-refractivity contribution in [3.63, 3.8) is 0 Å². The van der Waals surface area contributed by atoms with Crippen LogP contribution in [0.3, 0.4) is 0 Å². The topological polar surface area (TPSA) is 81.8 Å². The summed E-state index contributed by atoms with van der Waals surface area (Å²) < 4.78 is 0. The summed E-state index contributed by atoms with van der Waals surface area (Å²) in [6.07, 6.45) is 4.31. The number of urea groups is 1. The molecule has 7 heteroatoms. The van der Waals surface area contributed by atoms with Crippen LogP contribution in [0.15, 0.2) is 0 Å². The first-order valence-electron chi connectivity index (χ1n) is 10.3. The van der Waals surface area contributed by atoms with Gasteiger partial charge in [-0.1, -0.05) is 27.2 Å². The largest absolute Gasteiger partial charge is 0.336 e. The lowest BCUT2D eigenvalue weighted by Gasteiger charge is -2.42. The smallest absolute Gasteiger partial charge is 0.325 e. The lowest BCUT2D eigenvalue weighted by Crippen LogP contribution is -2.55. The Morgan fingerprint density at radius 2 is 1.93 bits per heavy atom. The standard InChI is InChI=1S/C20H34N4O3/c1-5-19(3,4)15-6-8-20(9-7-15)17(26)24(18(27)22-20)13-16(25)23-11-10-21-12-14(23)2/h14-15,21H,5-13H2,1-4H3,(H,22,27). The molecule has 0 aromatic rings. The fourth-order valence-electron chi connectivity index (χ4n) is 4.78. The van der Waals surface area contributed by atoms with Crippen molar-refractivity contribution in [3.8, 4) is 0 Å². The van der Waals surface area contributed by atoms with E-state index < -0.39 is 11.6 Å². The van der Waals surface area contributed by atoms with Crippen LogP contribution in [0, 0.1) is 11.3 Å².